The van der Waals surface area contributed by atoms with Crippen LogP contribution in [0.2, 0.25) is 0 Å². The van der Waals surface area contributed by atoms with Gasteiger partial charge in [0.2, 0.25) is 5.91 Å². The van der Waals surface area contributed by atoms with Crippen LogP contribution in [0.1, 0.15) is 30.7 Å². The number of ether oxygens (including phenoxy) is 1. The van der Waals surface area contributed by atoms with Gasteiger partial charge in [-0.05, 0) is 48.8 Å². The molecule has 0 aromatic heterocycles. The van der Waals surface area contributed by atoms with Gasteiger partial charge in [-0.15, -0.1) is 0 Å². The van der Waals surface area contributed by atoms with E-state index in [9.17, 15) is 9.90 Å². The molecule has 1 aliphatic carbocycles. The molecule has 1 aliphatic heterocycles. The molecule has 3 atom stereocenters. The second kappa shape index (κ2) is 6.06. The van der Waals surface area contributed by atoms with Gasteiger partial charge in [0.15, 0.2) is 0 Å². The summed E-state index contributed by atoms with van der Waals surface area (Å²) in [6, 6.07) is 7.30. The maximum atomic E-state index is 12.6. The fraction of sp³-hybridized carbons (Fsp3) is 0.588. The van der Waals surface area contributed by atoms with Crippen LogP contribution >= 0.6 is 0 Å². The van der Waals surface area contributed by atoms with Crippen LogP contribution in [0.3, 0.4) is 0 Å². The van der Waals surface area contributed by atoms with Crippen LogP contribution in [0.25, 0.3) is 0 Å². The van der Waals surface area contributed by atoms with Gasteiger partial charge >= 0.3 is 0 Å². The van der Waals surface area contributed by atoms with E-state index in [1.54, 1.807) is 19.2 Å². The van der Waals surface area contributed by atoms with Crippen molar-refractivity contribution in [3.05, 3.63) is 29.8 Å². The third kappa shape index (κ3) is 3.21. The molecule has 1 heterocycles. The smallest absolute Gasteiger partial charge is 0.226 e. The van der Waals surface area contributed by atoms with Gasteiger partial charge in [-0.25, -0.2) is 0 Å². The Bertz CT molecular complexity index is 515. The van der Waals surface area contributed by atoms with Gasteiger partial charge in [0.1, 0.15) is 5.75 Å². The number of carbonyl (C=O) groups excluding carboxylic acids is 1. The van der Waals surface area contributed by atoms with Crippen molar-refractivity contribution >= 4 is 5.91 Å². The molecular formula is C17H23NO3. The van der Waals surface area contributed by atoms with E-state index in [1.807, 2.05) is 17.0 Å². The molecule has 2 fully saturated rings. The summed E-state index contributed by atoms with van der Waals surface area (Å²) in [5.74, 6) is 1.43. The number of phenols is 1. The van der Waals surface area contributed by atoms with Crippen LogP contribution in [0, 0.1) is 11.8 Å². The van der Waals surface area contributed by atoms with E-state index in [0.717, 1.165) is 44.5 Å². The van der Waals surface area contributed by atoms with E-state index in [0.29, 0.717) is 5.92 Å². The molecule has 21 heavy (non-hydrogen) atoms. The van der Waals surface area contributed by atoms with Crippen molar-refractivity contribution in [2.24, 2.45) is 11.8 Å². The second-order valence-electron chi connectivity index (χ2n) is 6.29. The highest BCUT2D eigenvalue weighted by molar-refractivity contribution is 5.83. The lowest BCUT2D eigenvalue weighted by Gasteiger charge is -2.32. The molecule has 2 aliphatic rings. The maximum absolute atomic E-state index is 12.6. The summed E-state index contributed by atoms with van der Waals surface area (Å²) in [5.41, 5.74) is 1.08. The van der Waals surface area contributed by atoms with Crippen LogP contribution in [0.5, 0.6) is 5.75 Å². The van der Waals surface area contributed by atoms with Crippen LogP contribution < -0.4 is 0 Å². The minimum Gasteiger partial charge on any atom is -0.508 e. The molecule has 0 bridgehead atoms. The first-order valence-corrected chi connectivity index (χ1v) is 7.75. The highest BCUT2D eigenvalue weighted by Gasteiger charge is 2.46. The fourth-order valence-corrected chi connectivity index (χ4v) is 3.46. The minimum atomic E-state index is 0.105. The van der Waals surface area contributed by atoms with Crippen molar-refractivity contribution < 1.29 is 14.6 Å². The maximum Gasteiger partial charge on any atom is 0.226 e. The highest BCUT2D eigenvalue weighted by Crippen LogP contribution is 2.49. The summed E-state index contributed by atoms with van der Waals surface area (Å²) in [4.78, 5) is 14.6. The van der Waals surface area contributed by atoms with E-state index in [1.165, 1.54) is 0 Å². The molecule has 1 saturated carbocycles. The van der Waals surface area contributed by atoms with Gasteiger partial charge in [-0.3, -0.25) is 4.79 Å². The quantitative estimate of drug-likeness (QED) is 0.926. The summed E-state index contributed by atoms with van der Waals surface area (Å²) >= 11 is 0. The molecule has 3 rings (SSSR count). The molecule has 0 unspecified atom stereocenters. The van der Waals surface area contributed by atoms with Gasteiger partial charge in [0.25, 0.3) is 0 Å². The molecule has 0 radical (unpaired) electrons. The van der Waals surface area contributed by atoms with Gasteiger partial charge in [0, 0.05) is 26.1 Å². The molecule has 1 aromatic rings. The first kappa shape index (κ1) is 14.4. The predicted molar refractivity (Wildman–Crippen MR) is 80.1 cm³/mol. The zero-order chi connectivity index (χ0) is 14.8. The number of nitrogens with zero attached hydrogens (tertiary/aromatic N) is 1. The zero-order valence-corrected chi connectivity index (χ0v) is 12.5. The van der Waals surface area contributed by atoms with Gasteiger partial charge in [-0.2, -0.15) is 0 Å². The molecular weight excluding hydrogens is 266 g/mol. The molecule has 1 saturated heterocycles. The molecule has 1 N–H and O–H groups in total. The number of methoxy groups -OCH3 is 1. The Morgan fingerprint density at radius 3 is 3.10 bits per heavy atom. The largest absolute Gasteiger partial charge is 0.508 e. The van der Waals surface area contributed by atoms with E-state index >= 15 is 0 Å². The molecule has 1 amide bonds. The van der Waals surface area contributed by atoms with Gasteiger partial charge < -0.3 is 14.7 Å². The molecule has 4 heteroatoms. The first-order valence-electron chi connectivity index (χ1n) is 7.75. The number of hydrogen-bond donors (Lipinski definition) is 1. The average molecular weight is 289 g/mol. The summed E-state index contributed by atoms with van der Waals surface area (Å²) in [6.07, 6.45) is 3.13. The van der Waals surface area contributed by atoms with Crippen molar-refractivity contribution in [1.29, 1.82) is 0 Å². The van der Waals surface area contributed by atoms with Crippen molar-refractivity contribution in [2.45, 2.75) is 25.2 Å². The minimum absolute atomic E-state index is 0.105. The lowest BCUT2D eigenvalue weighted by molar-refractivity contribution is -0.134. The van der Waals surface area contributed by atoms with Crippen molar-refractivity contribution in [2.75, 3.05) is 26.8 Å². The van der Waals surface area contributed by atoms with Crippen molar-refractivity contribution in [1.82, 2.24) is 4.90 Å². The normalized spacial score (nSPS) is 28.4. The molecule has 114 valence electrons. The molecule has 1 aromatic carbocycles. The van der Waals surface area contributed by atoms with E-state index in [-0.39, 0.29) is 23.5 Å². The number of likely N-dealkylation sites (tertiary alicyclic amines) is 1. The van der Waals surface area contributed by atoms with Crippen LogP contribution in [0.15, 0.2) is 24.3 Å². The number of piperidine rings is 1. The summed E-state index contributed by atoms with van der Waals surface area (Å²) in [7, 11) is 1.72. The summed E-state index contributed by atoms with van der Waals surface area (Å²) in [6.45, 7) is 2.45. The Kier molecular flexibility index (Phi) is 4.15. The summed E-state index contributed by atoms with van der Waals surface area (Å²) < 4.78 is 5.22. The third-order valence-electron chi connectivity index (χ3n) is 4.64. The first-order chi connectivity index (χ1) is 10.2. The SMILES string of the molecule is COC[C@@H]1CCCN(C(=O)[C@H]2C[C@@H]2c2cccc(O)c2)C1. The lowest BCUT2D eigenvalue weighted by atomic mass is 9.98. The van der Waals surface area contributed by atoms with E-state index in [2.05, 4.69) is 0 Å². The van der Waals surface area contributed by atoms with Crippen molar-refractivity contribution in [3.63, 3.8) is 0 Å². The second-order valence-corrected chi connectivity index (χ2v) is 6.29. The topological polar surface area (TPSA) is 49.8 Å². The number of phenolic OH excluding ortho intramolecular Hbond substituents is 1. The van der Waals surface area contributed by atoms with Gasteiger partial charge in [0.05, 0.1) is 6.61 Å². The Morgan fingerprint density at radius 1 is 1.48 bits per heavy atom. The monoisotopic (exact) mass is 289 g/mol. The Morgan fingerprint density at radius 2 is 2.33 bits per heavy atom. The van der Waals surface area contributed by atoms with Crippen LogP contribution in [-0.2, 0) is 9.53 Å². The number of benzene rings is 1. The summed E-state index contributed by atoms with van der Waals surface area (Å²) in [5, 5.41) is 9.55. The number of aromatic hydroxyl groups is 1. The standard InChI is InChI=1S/C17H23NO3/c1-21-11-12-4-3-7-18(10-12)17(20)16-9-15(16)13-5-2-6-14(19)8-13/h2,5-6,8,12,15-16,19H,3-4,7,9-11H2,1H3/t12-,15-,16+/m1/s1. The Hall–Kier alpha value is -1.55. The number of rotatable bonds is 4. The Labute approximate surface area is 125 Å². The number of amides is 1. The highest BCUT2D eigenvalue weighted by atomic mass is 16.5. The van der Waals surface area contributed by atoms with Crippen molar-refractivity contribution in [3.8, 4) is 5.75 Å². The molecule has 4 nitrogen and oxygen atoms in total. The Balaban J connectivity index is 1.59. The fourth-order valence-electron chi connectivity index (χ4n) is 3.46. The van der Waals surface area contributed by atoms with Gasteiger partial charge in [-0.1, -0.05) is 12.1 Å². The van der Waals surface area contributed by atoms with Crippen LogP contribution in [-0.4, -0.2) is 42.7 Å². The number of carbonyl (C=O) groups is 1. The van der Waals surface area contributed by atoms with Crippen LogP contribution in [0.4, 0.5) is 0 Å². The van der Waals surface area contributed by atoms with E-state index < -0.39 is 0 Å². The molecule has 0 spiro atoms. The third-order valence-corrected chi connectivity index (χ3v) is 4.64. The lowest BCUT2D eigenvalue weighted by Crippen LogP contribution is -2.42. The predicted octanol–water partition coefficient (Wildman–Crippen LogP) is 2.38. The zero-order valence-electron chi connectivity index (χ0n) is 12.5. The average Bonchev–Trinajstić information content (AvgIpc) is 3.28. The van der Waals surface area contributed by atoms with E-state index in [4.69, 9.17) is 4.74 Å². The number of hydrogen-bond acceptors (Lipinski definition) is 3.